The summed E-state index contributed by atoms with van der Waals surface area (Å²) < 4.78 is 87.8. The zero-order valence-electron chi connectivity index (χ0n) is 26.8. The molecular weight excluding hydrogens is 669 g/mol. The standard InChI is InChI=1S/C34H35ClF5N7O2/c1-46-28-23-27(44-30(45-28)48-17-32-7-3-9-47(32)15-19(36)14-32)25(37)26(21-10-20(42)11-22(35)24(21)34(38,39)40)43-29(23)49-33(12-18(13-33)4-8-41)16-31(46)5-2-6-31/h10-11,18-19H,2-7,9,12-17,42H2,1H3/t18?,19-,32+,33?/m1/s1. The smallest absolute Gasteiger partial charge is 0.418 e. The number of anilines is 2. The molecule has 8 rings (SSSR count). The Morgan fingerprint density at radius 1 is 1.14 bits per heavy atom. The van der Waals surface area contributed by atoms with Crippen LogP contribution < -0.4 is 20.1 Å². The Morgan fingerprint density at radius 2 is 1.92 bits per heavy atom. The highest BCUT2D eigenvalue weighted by molar-refractivity contribution is 6.32. The van der Waals surface area contributed by atoms with E-state index in [0.717, 1.165) is 50.8 Å². The summed E-state index contributed by atoms with van der Waals surface area (Å²) in [4.78, 5) is 17.8. The van der Waals surface area contributed by atoms with Crippen molar-refractivity contribution in [1.82, 2.24) is 19.9 Å². The predicted molar refractivity (Wildman–Crippen MR) is 172 cm³/mol. The Morgan fingerprint density at radius 3 is 2.61 bits per heavy atom. The van der Waals surface area contributed by atoms with Crippen LogP contribution in [0.15, 0.2) is 12.1 Å². The molecule has 5 heterocycles. The summed E-state index contributed by atoms with van der Waals surface area (Å²) in [5.41, 5.74) is 1.14. The molecule has 0 radical (unpaired) electrons. The highest BCUT2D eigenvalue weighted by Crippen LogP contribution is 2.57. The fraction of sp³-hybridized carbons (Fsp3) is 0.588. The summed E-state index contributed by atoms with van der Waals surface area (Å²) in [6.07, 6.45) is 0.490. The summed E-state index contributed by atoms with van der Waals surface area (Å²) in [5, 5.41) is 8.77. The van der Waals surface area contributed by atoms with Crippen molar-refractivity contribution < 1.29 is 31.4 Å². The molecule has 5 aliphatic rings. The minimum atomic E-state index is -4.97. The van der Waals surface area contributed by atoms with E-state index >= 15 is 4.39 Å². The second kappa shape index (κ2) is 11.2. The molecule has 2 aliphatic carbocycles. The van der Waals surface area contributed by atoms with Crippen molar-refractivity contribution >= 4 is 34.0 Å². The number of nitrogens with zero attached hydrogens (tertiary/aromatic N) is 6. The van der Waals surface area contributed by atoms with Crippen molar-refractivity contribution in [3.05, 3.63) is 28.5 Å². The van der Waals surface area contributed by atoms with Gasteiger partial charge in [-0.25, -0.2) is 13.8 Å². The second-order valence-electron chi connectivity index (χ2n) is 14.7. The fourth-order valence-corrected chi connectivity index (χ4v) is 9.52. The molecule has 260 valence electrons. The molecule has 2 saturated heterocycles. The fourth-order valence-electron chi connectivity index (χ4n) is 9.19. The van der Waals surface area contributed by atoms with Gasteiger partial charge in [0, 0.05) is 49.6 Å². The molecule has 2 spiro atoms. The van der Waals surface area contributed by atoms with Gasteiger partial charge in [-0.15, -0.1) is 0 Å². The van der Waals surface area contributed by atoms with Crippen molar-refractivity contribution in [3.8, 4) is 29.2 Å². The third-order valence-corrected chi connectivity index (χ3v) is 11.9. The molecule has 2 atom stereocenters. The summed E-state index contributed by atoms with van der Waals surface area (Å²) in [6, 6.07) is 3.98. The Kier molecular flexibility index (Phi) is 7.40. The first kappa shape index (κ1) is 32.5. The molecule has 49 heavy (non-hydrogen) atoms. The van der Waals surface area contributed by atoms with Gasteiger partial charge in [0.05, 0.1) is 22.2 Å². The van der Waals surface area contributed by atoms with E-state index in [0.29, 0.717) is 38.6 Å². The van der Waals surface area contributed by atoms with E-state index in [2.05, 4.69) is 20.9 Å². The number of hydrogen-bond donors (Lipinski definition) is 1. The number of nitrogen functional groups attached to an aromatic ring is 1. The van der Waals surface area contributed by atoms with E-state index in [1.165, 1.54) is 0 Å². The van der Waals surface area contributed by atoms with Crippen LogP contribution in [-0.2, 0) is 6.18 Å². The van der Waals surface area contributed by atoms with Crippen LogP contribution in [0.5, 0.6) is 11.9 Å². The van der Waals surface area contributed by atoms with Crippen molar-refractivity contribution in [1.29, 1.82) is 5.26 Å². The minimum Gasteiger partial charge on any atom is -0.470 e. The lowest BCUT2D eigenvalue weighted by atomic mass is 9.59. The average Bonchev–Trinajstić information content (AvgIpc) is 3.51. The maximum atomic E-state index is 17.0. The molecule has 2 aromatic heterocycles. The van der Waals surface area contributed by atoms with Crippen LogP contribution in [0.1, 0.15) is 69.8 Å². The van der Waals surface area contributed by atoms with Crippen LogP contribution >= 0.6 is 11.6 Å². The van der Waals surface area contributed by atoms with Crippen LogP contribution in [0.25, 0.3) is 22.2 Å². The van der Waals surface area contributed by atoms with Crippen LogP contribution in [0.3, 0.4) is 0 Å². The number of alkyl halides is 4. The van der Waals surface area contributed by atoms with E-state index in [-0.39, 0.29) is 46.8 Å². The molecule has 1 aromatic carbocycles. The zero-order chi connectivity index (χ0) is 34.5. The monoisotopic (exact) mass is 703 g/mol. The number of nitriles is 1. The lowest BCUT2D eigenvalue weighted by Crippen LogP contribution is -2.62. The number of halogens is 6. The van der Waals surface area contributed by atoms with Crippen LogP contribution in [0, 0.1) is 23.1 Å². The van der Waals surface area contributed by atoms with Gasteiger partial charge in [-0.2, -0.15) is 28.4 Å². The number of hydrogen-bond acceptors (Lipinski definition) is 9. The van der Waals surface area contributed by atoms with Crippen LogP contribution in [0.2, 0.25) is 5.02 Å². The molecule has 2 saturated carbocycles. The first-order valence-corrected chi connectivity index (χ1v) is 17.0. The number of nitrogens with two attached hydrogens (primary N) is 1. The van der Waals surface area contributed by atoms with Gasteiger partial charge in [0.25, 0.3) is 0 Å². The number of ether oxygens (including phenoxy) is 2. The lowest BCUT2D eigenvalue weighted by Gasteiger charge is -2.58. The number of fused-ring (bicyclic) bond motifs is 1. The van der Waals surface area contributed by atoms with Crippen LogP contribution in [-0.4, -0.2) is 69.4 Å². The largest absolute Gasteiger partial charge is 0.470 e. The first-order valence-electron chi connectivity index (χ1n) is 16.7. The Balaban J connectivity index is 1.33. The van der Waals surface area contributed by atoms with Gasteiger partial charge in [-0.3, -0.25) is 4.90 Å². The highest BCUT2D eigenvalue weighted by atomic mass is 35.5. The molecule has 4 fully saturated rings. The van der Waals surface area contributed by atoms with Gasteiger partial charge < -0.3 is 20.1 Å². The summed E-state index contributed by atoms with van der Waals surface area (Å²) >= 11 is 6.08. The van der Waals surface area contributed by atoms with E-state index in [1.807, 2.05) is 11.9 Å². The molecule has 15 heteroatoms. The van der Waals surface area contributed by atoms with E-state index < -0.39 is 56.7 Å². The van der Waals surface area contributed by atoms with Gasteiger partial charge in [0.2, 0.25) is 5.88 Å². The highest BCUT2D eigenvalue weighted by Gasteiger charge is 2.57. The SMILES string of the molecule is CN1c2nc(OC[C@@]34CCCN3C[C@H](F)C4)nc3c(F)c(-c4cc(N)cc(Cl)c4C(F)(F)F)nc(c23)OC2(CC(CC#N)C2)CC12CCC2. The molecule has 3 aliphatic heterocycles. The summed E-state index contributed by atoms with van der Waals surface area (Å²) in [5.74, 6) is -0.900. The van der Waals surface area contributed by atoms with Gasteiger partial charge in [0.1, 0.15) is 40.8 Å². The maximum absolute atomic E-state index is 17.0. The molecule has 3 aromatic rings. The number of benzene rings is 1. The minimum absolute atomic E-state index is 0.0720. The molecule has 0 bridgehead atoms. The van der Waals surface area contributed by atoms with Crippen molar-refractivity contribution in [2.75, 3.05) is 37.4 Å². The molecule has 9 nitrogen and oxygen atoms in total. The van der Waals surface area contributed by atoms with E-state index in [9.17, 15) is 22.8 Å². The maximum Gasteiger partial charge on any atom is 0.418 e. The molecular formula is C34H35ClF5N7O2. The Bertz CT molecular complexity index is 1890. The zero-order valence-corrected chi connectivity index (χ0v) is 27.6. The number of aromatic nitrogens is 3. The van der Waals surface area contributed by atoms with Gasteiger partial charge in [-0.1, -0.05) is 11.6 Å². The van der Waals surface area contributed by atoms with Gasteiger partial charge in [0.15, 0.2) is 5.82 Å². The average molecular weight is 704 g/mol. The topological polar surface area (TPSA) is 113 Å². The number of pyridine rings is 1. The molecule has 0 amide bonds. The Hall–Kier alpha value is -3.70. The number of rotatable bonds is 5. The third kappa shape index (κ3) is 5.13. The van der Waals surface area contributed by atoms with E-state index in [1.54, 1.807) is 0 Å². The summed E-state index contributed by atoms with van der Waals surface area (Å²) in [7, 11) is 1.87. The van der Waals surface area contributed by atoms with Gasteiger partial charge in [-0.05, 0) is 69.5 Å². The molecule has 2 N–H and O–H groups in total. The third-order valence-electron chi connectivity index (χ3n) is 11.6. The predicted octanol–water partition coefficient (Wildman–Crippen LogP) is 7.24. The van der Waals surface area contributed by atoms with E-state index in [4.69, 9.17) is 31.8 Å². The molecule has 0 unspecified atom stereocenters. The quantitative estimate of drug-likeness (QED) is 0.217. The van der Waals surface area contributed by atoms with Crippen molar-refractivity contribution in [2.45, 2.75) is 93.2 Å². The van der Waals surface area contributed by atoms with Crippen LogP contribution in [0.4, 0.5) is 33.5 Å². The van der Waals surface area contributed by atoms with Gasteiger partial charge >= 0.3 is 12.2 Å². The second-order valence-corrected chi connectivity index (χ2v) is 15.1. The van der Waals surface area contributed by atoms with Crippen molar-refractivity contribution in [3.63, 3.8) is 0 Å². The van der Waals surface area contributed by atoms with Crippen molar-refractivity contribution in [2.24, 2.45) is 5.92 Å². The lowest BCUT2D eigenvalue weighted by molar-refractivity contribution is -0.137. The first-order chi connectivity index (χ1) is 23.3. The Labute approximate surface area is 284 Å². The normalized spacial score (nSPS) is 28.8. The summed E-state index contributed by atoms with van der Waals surface area (Å²) in [6.45, 7) is 1.12.